The van der Waals surface area contributed by atoms with Crippen molar-refractivity contribution in [3.05, 3.63) is 89.4 Å². The second-order valence-corrected chi connectivity index (χ2v) is 7.10. The Balaban J connectivity index is 1.83. The molecule has 0 saturated heterocycles. The van der Waals surface area contributed by atoms with Gasteiger partial charge < -0.3 is 9.84 Å². The highest BCUT2D eigenvalue weighted by Gasteiger charge is 2.24. The summed E-state index contributed by atoms with van der Waals surface area (Å²) < 4.78 is 5.99. The number of phenols is 1. The number of halogens is 1. The zero-order valence-electron chi connectivity index (χ0n) is 14.9. The van der Waals surface area contributed by atoms with Crippen molar-refractivity contribution >= 4 is 11.6 Å². The number of ether oxygens (including phenoxy) is 1. The van der Waals surface area contributed by atoms with Gasteiger partial charge in [-0.05, 0) is 42.0 Å². The van der Waals surface area contributed by atoms with Crippen LogP contribution in [0, 0.1) is 0 Å². The van der Waals surface area contributed by atoms with Crippen LogP contribution in [0.15, 0.2) is 78.9 Å². The molecule has 0 atom stereocenters. The summed E-state index contributed by atoms with van der Waals surface area (Å²) in [6.45, 7) is 0.431. The summed E-state index contributed by atoms with van der Waals surface area (Å²) in [5.41, 5.74) is 6.41. The lowest BCUT2D eigenvalue weighted by molar-refractivity contribution is 0.302. The number of phenolic OH excluding ortho intramolecular Hbond substituents is 1. The molecule has 0 spiro atoms. The molecule has 28 heavy (non-hydrogen) atoms. The van der Waals surface area contributed by atoms with E-state index in [1.807, 2.05) is 66.7 Å². The molecule has 3 aromatic carbocycles. The first kappa shape index (κ1) is 16.8. The lowest BCUT2D eigenvalue weighted by Crippen LogP contribution is -2.09. The van der Waals surface area contributed by atoms with Gasteiger partial charge in [0.05, 0.1) is 11.4 Å². The van der Waals surface area contributed by atoms with E-state index in [1.165, 1.54) is 0 Å². The first-order valence-corrected chi connectivity index (χ1v) is 9.39. The van der Waals surface area contributed by atoms with Crippen LogP contribution in [-0.4, -0.2) is 10.1 Å². The summed E-state index contributed by atoms with van der Waals surface area (Å²) in [5.74, 6) is 1.03. The monoisotopic (exact) mass is 385 g/mol. The van der Waals surface area contributed by atoms with E-state index in [0.29, 0.717) is 11.6 Å². The normalized spacial score (nSPS) is 12.0. The van der Waals surface area contributed by atoms with Crippen LogP contribution in [0.3, 0.4) is 0 Å². The predicted octanol–water partition coefficient (Wildman–Crippen LogP) is 6.33. The van der Waals surface area contributed by atoms with Gasteiger partial charge in [-0.2, -0.15) is 0 Å². The Morgan fingerprint density at radius 3 is 2.43 bits per heavy atom. The van der Waals surface area contributed by atoms with Crippen molar-refractivity contribution in [2.75, 3.05) is 0 Å². The van der Waals surface area contributed by atoms with Crippen molar-refractivity contribution in [1.29, 1.82) is 0 Å². The van der Waals surface area contributed by atoms with Gasteiger partial charge in [0.2, 0.25) is 0 Å². The lowest BCUT2D eigenvalue weighted by Gasteiger charge is -2.24. The number of fused-ring (bicyclic) bond motifs is 3. The van der Waals surface area contributed by atoms with Crippen LogP contribution in [0.5, 0.6) is 11.5 Å². The van der Waals surface area contributed by atoms with Crippen molar-refractivity contribution in [1.82, 2.24) is 4.98 Å². The van der Waals surface area contributed by atoms with E-state index in [4.69, 9.17) is 21.3 Å². The van der Waals surface area contributed by atoms with Crippen LogP contribution in [0.1, 0.15) is 5.56 Å². The second-order valence-electron chi connectivity index (χ2n) is 6.70. The van der Waals surface area contributed by atoms with Crippen LogP contribution in [0.4, 0.5) is 0 Å². The number of aromatic nitrogens is 1. The first-order chi connectivity index (χ1) is 13.7. The van der Waals surface area contributed by atoms with E-state index in [1.54, 1.807) is 12.1 Å². The maximum atomic E-state index is 9.93. The van der Waals surface area contributed by atoms with Gasteiger partial charge in [0.1, 0.15) is 18.1 Å². The number of aromatic hydroxyl groups is 1. The molecule has 1 aliphatic heterocycles. The second kappa shape index (κ2) is 6.70. The molecule has 2 heterocycles. The molecule has 3 nitrogen and oxygen atoms in total. The number of hydrogen-bond donors (Lipinski definition) is 1. The minimum atomic E-state index is 0.208. The Kier molecular flexibility index (Phi) is 4.03. The average molecular weight is 386 g/mol. The number of hydrogen-bond acceptors (Lipinski definition) is 3. The summed E-state index contributed by atoms with van der Waals surface area (Å²) in [7, 11) is 0. The fourth-order valence-corrected chi connectivity index (χ4v) is 3.85. The molecule has 4 aromatic rings. The summed E-state index contributed by atoms with van der Waals surface area (Å²) in [4.78, 5) is 4.95. The molecule has 5 rings (SSSR count). The summed E-state index contributed by atoms with van der Waals surface area (Å²) in [6, 6.07) is 24.8. The highest BCUT2D eigenvalue weighted by atomic mass is 35.5. The molecule has 136 valence electrons. The zero-order valence-corrected chi connectivity index (χ0v) is 15.6. The standard InChI is InChI=1S/C24H16ClNO2/c25-21-10-3-1-8-17(21)19-13-22(15-6-5-7-16(27)12-15)26-24-18-9-2-4-11-23(18)28-14-20(19)24/h1-13,27H,14H2. The molecule has 0 unspecified atom stereocenters. The molecule has 0 radical (unpaired) electrons. The van der Waals surface area contributed by atoms with Crippen molar-refractivity contribution < 1.29 is 9.84 Å². The molecule has 1 N–H and O–H groups in total. The van der Waals surface area contributed by atoms with Crippen molar-refractivity contribution in [2.24, 2.45) is 0 Å². The number of nitrogens with zero attached hydrogens (tertiary/aromatic N) is 1. The van der Waals surface area contributed by atoms with Gasteiger partial charge >= 0.3 is 0 Å². The minimum Gasteiger partial charge on any atom is -0.508 e. The predicted molar refractivity (Wildman–Crippen MR) is 112 cm³/mol. The largest absolute Gasteiger partial charge is 0.508 e. The van der Waals surface area contributed by atoms with Gasteiger partial charge in [-0.3, -0.25) is 0 Å². The Labute approximate surface area is 167 Å². The van der Waals surface area contributed by atoms with E-state index in [-0.39, 0.29) is 5.75 Å². The third-order valence-corrected chi connectivity index (χ3v) is 5.27. The molecule has 0 bridgehead atoms. The van der Waals surface area contributed by atoms with E-state index >= 15 is 0 Å². The molecule has 1 aromatic heterocycles. The molecular formula is C24H16ClNO2. The van der Waals surface area contributed by atoms with Crippen molar-refractivity contribution in [3.63, 3.8) is 0 Å². The fourth-order valence-electron chi connectivity index (χ4n) is 3.61. The zero-order chi connectivity index (χ0) is 19.1. The molecule has 0 saturated carbocycles. The van der Waals surface area contributed by atoms with Gasteiger partial charge in [-0.1, -0.05) is 54.1 Å². The minimum absolute atomic E-state index is 0.208. The van der Waals surface area contributed by atoms with Crippen molar-refractivity contribution in [3.8, 4) is 45.1 Å². The summed E-state index contributed by atoms with van der Waals surface area (Å²) >= 11 is 6.52. The number of benzene rings is 3. The number of para-hydroxylation sites is 1. The van der Waals surface area contributed by atoms with Gasteiger partial charge in [0.15, 0.2) is 0 Å². The van der Waals surface area contributed by atoms with Crippen LogP contribution in [-0.2, 0) is 6.61 Å². The quantitative estimate of drug-likeness (QED) is 0.438. The summed E-state index contributed by atoms with van der Waals surface area (Å²) in [6.07, 6.45) is 0. The maximum absolute atomic E-state index is 9.93. The molecule has 0 fully saturated rings. The fraction of sp³-hybridized carbons (Fsp3) is 0.0417. The Morgan fingerprint density at radius 1 is 0.821 bits per heavy atom. The smallest absolute Gasteiger partial charge is 0.129 e. The number of rotatable bonds is 2. The van der Waals surface area contributed by atoms with Gasteiger partial charge in [-0.25, -0.2) is 4.98 Å². The summed E-state index contributed by atoms with van der Waals surface area (Å²) in [5, 5.41) is 10.6. The maximum Gasteiger partial charge on any atom is 0.129 e. The Morgan fingerprint density at radius 2 is 1.61 bits per heavy atom. The lowest BCUT2D eigenvalue weighted by atomic mass is 9.92. The molecule has 1 aliphatic rings. The van der Waals surface area contributed by atoms with Gasteiger partial charge in [-0.15, -0.1) is 0 Å². The van der Waals surface area contributed by atoms with Crippen LogP contribution in [0.2, 0.25) is 5.02 Å². The average Bonchev–Trinajstić information content (AvgIpc) is 2.73. The first-order valence-electron chi connectivity index (χ1n) is 9.01. The molecule has 0 aliphatic carbocycles. The van der Waals surface area contributed by atoms with Crippen LogP contribution in [0.25, 0.3) is 33.6 Å². The topological polar surface area (TPSA) is 42.4 Å². The Bertz CT molecular complexity index is 1200. The number of pyridine rings is 1. The highest BCUT2D eigenvalue weighted by molar-refractivity contribution is 6.33. The third kappa shape index (κ3) is 2.81. The van der Waals surface area contributed by atoms with E-state index in [2.05, 4.69) is 0 Å². The SMILES string of the molecule is Oc1cccc(-c2cc(-c3ccccc3Cl)c3c(n2)-c2ccccc2OC3)c1. The van der Waals surface area contributed by atoms with Crippen molar-refractivity contribution in [2.45, 2.75) is 6.61 Å². The molecular weight excluding hydrogens is 370 g/mol. The van der Waals surface area contributed by atoms with Gasteiger partial charge in [0.25, 0.3) is 0 Å². The van der Waals surface area contributed by atoms with E-state index < -0.39 is 0 Å². The third-order valence-electron chi connectivity index (χ3n) is 4.94. The molecule has 0 amide bonds. The van der Waals surface area contributed by atoms with Gasteiger partial charge in [0, 0.05) is 27.3 Å². The highest BCUT2D eigenvalue weighted by Crippen LogP contribution is 2.43. The van der Waals surface area contributed by atoms with Crippen LogP contribution >= 0.6 is 11.6 Å². The molecule has 4 heteroatoms. The van der Waals surface area contributed by atoms with E-state index in [9.17, 15) is 5.11 Å². The van der Waals surface area contributed by atoms with Crippen LogP contribution < -0.4 is 4.74 Å². The Hall–Kier alpha value is -3.30. The van der Waals surface area contributed by atoms with E-state index in [0.717, 1.165) is 45.0 Å².